The van der Waals surface area contributed by atoms with E-state index in [-0.39, 0.29) is 0 Å². The summed E-state index contributed by atoms with van der Waals surface area (Å²) in [5, 5.41) is 1.13. The van der Waals surface area contributed by atoms with Crippen molar-refractivity contribution in [3.63, 3.8) is 0 Å². The van der Waals surface area contributed by atoms with Gasteiger partial charge in [-0.15, -0.1) is 0 Å². The zero-order chi connectivity index (χ0) is 12.3. The van der Waals surface area contributed by atoms with E-state index in [4.69, 9.17) is 4.42 Å². The number of carbonyl (C=O) groups is 1. The van der Waals surface area contributed by atoms with Crippen LogP contribution in [0.15, 0.2) is 39.3 Å². The van der Waals surface area contributed by atoms with E-state index >= 15 is 0 Å². The Kier molecular flexibility index (Phi) is 3.43. The van der Waals surface area contributed by atoms with Crippen molar-refractivity contribution >= 4 is 17.7 Å². The van der Waals surface area contributed by atoms with Gasteiger partial charge in [-0.05, 0) is 30.8 Å². The summed E-state index contributed by atoms with van der Waals surface area (Å²) in [7, 11) is 1.34. The van der Waals surface area contributed by atoms with Gasteiger partial charge in [-0.3, -0.25) is 0 Å². The summed E-state index contributed by atoms with van der Waals surface area (Å²) in [6, 6.07) is 3.23. The lowest BCUT2D eigenvalue weighted by molar-refractivity contribution is 0.0600. The van der Waals surface area contributed by atoms with Gasteiger partial charge >= 0.3 is 5.97 Å². The van der Waals surface area contributed by atoms with Gasteiger partial charge in [0.15, 0.2) is 0 Å². The first-order valence-electron chi connectivity index (χ1n) is 4.83. The first kappa shape index (κ1) is 11.7. The molecule has 2 aromatic heterocycles. The molecule has 0 fully saturated rings. The molecule has 0 spiro atoms. The minimum Gasteiger partial charge on any atom is -0.465 e. The Morgan fingerprint density at radius 2 is 2.35 bits per heavy atom. The minimum absolute atomic E-state index is 0.391. The maximum atomic E-state index is 11.3. The Hall–Kier alpha value is -1.82. The van der Waals surface area contributed by atoms with Crippen molar-refractivity contribution in [1.29, 1.82) is 0 Å². The predicted molar refractivity (Wildman–Crippen MR) is 60.9 cm³/mol. The predicted octanol–water partition coefficient (Wildman–Crippen LogP) is 2.32. The van der Waals surface area contributed by atoms with E-state index < -0.39 is 5.97 Å². The second kappa shape index (κ2) is 5.01. The molecule has 17 heavy (non-hydrogen) atoms. The normalized spacial score (nSPS) is 10.2. The molecule has 2 heterocycles. The van der Waals surface area contributed by atoms with Crippen LogP contribution in [-0.4, -0.2) is 23.0 Å². The molecule has 0 aromatic carbocycles. The Bertz CT molecular complexity index is 539. The number of oxazole rings is 1. The Labute approximate surface area is 102 Å². The zero-order valence-electron chi connectivity index (χ0n) is 9.34. The molecule has 0 aliphatic heterocycles. The summed E-state index contributed by atoms with van der Waals surface area (Å²) in [6.07, 6.45) is 3.11. The summed E-state index contributed by atoms with van der Waals surface area (Å²) < 4.78 is 9.82. The van der Waals surface area contributed by atoms with Crippen LogP contribution in [0, 0.1) is 6.92 Å². The van der Waals surface area contributed by atoms with Crippen LogP contribution in [0.1, 0.15) is 16.1 Å². The van der Waals surface area contributed by atoms with Gasteiger partial charge in [-0.2, -0.15) is 0 Å². The molecule has 0 atom stereocenters. The van der Waals surface area contributed by atoms with Gasteiger partial charge in [0.1, 0.15) is 11.3 Å². The lowest BCUT2D eigenvalue weighted by atomic mass is 10.3. The molecule has 0 aliphatic rings. The molecule has 88 valence electrons. The standard InChI is InChI=1S/C11H10N2O3S/c1-7-6-16-11(13-7)17-9-5-8(3-4-12-9)10(14)15-2/h3-6H,1-2H3. The van der Waals surface area contributed by atoms with Crippen LogP contribution < -0.4 is 0 Å². The molecule has 0 radical (unpaired) electrons. The Morgan fingerprint density at radius 1 is 1.53 bits per heavy atom. The second-order valence-corrected chi connectivity index (χ2v) is 4.20. The third kappa shape index (κ3) is 2.85. The van der Waals surface area contributed by atoms with Crippen LogP contribution in [0.3, 0.4) is 0 Å². The molecule has 5 nitrogen and oxygen atoms in total. The number of aryl methyl sites for hydroxylation is 1. The number of hydrogen-bond donors (Lipinski definition) is 0. The number of hydrogen-bond acceptors (Lipinski definition) is 6. The largest absolute Gasteiger partial charge is 0.465 e. The van der Waals surface area contributed by atoms with Gasteiger partial charge in [0.05, 0.1) is 18.4 Å². The highest BCUT2D eigenvalue weighted by molar-refractivity contribution is 7.99. The maximum absolute atomic E-state index is 11.3. The molecule has 0 bridgehead atoms. The van der Waals surface area contributed by atoms with Crippen molar-refractivity contribution in [3.8, 4) is 0 Å². The molecule has 0 saturated heterocycles. The van der Waals surface area contributed by atoms with E-state index in [0.29, 0.717) is 15.8 Å². The smallest absolute Gasteiger partial charge is 0.337 e. The molecule has 0 saturated carbocycles. The lowest BCUT2D eigenvalue weighted by Gasteiger charge is -2.00. The summed E-state index contributed by atoms with van der Waals surface area (Å²) in [5.74, 6) is -0.391. The monoisotopic (exact) mass is 250 g/mol. The van der Waals surface area contributed by atoms with Crippen LogP contribution in [0.5, 0.6) is 0 Å². The molecular formula is C11H10N2O3S. The fourth-order valence-electron chi connectivity index (χ4n) is 1.18. The highest BCUT2D eigenvalue weighted by atomic mass is 32.2. The average Bonchev–Trinajstić information content (AvgIpc) is 2.74. The van der Waals surface area contributed by atoms with Crippen molar-refractivity contribution in [2.45, 2.75) is 17.2 Å². The molecular weight excluding hydrogens is 240 g/mol. The molecule has 2 aromatic rings. The number of esters is 1. The van der Waals surface area contributed by atoms with Crippen molar-refractivity contribution in [2.75, 3.05) is 7.11 Å². The third-order valence-corrected chi connectivity index (χ3v) is 2.74. The van der Waals surface area contributed by atoms with E-state index in [2.05, 4.69) is 14.7 Å². The van der Waals surface area contributed by atoms with Gasteiger partial charge in [0.2, 0.25) is 0 Å². The number of pyridine rings is 1. The van der Waals surface area contributed by atoms with Gasteiger partial charge in [0, 0.05) is 6.20 Å². The molecule has 0 N–H and O–H groups in total. The first-order valence-corrected chi connectivity index (χ1v) is 5.65. The third-order valence-electron chi connectivity index (χ3n) is 1.95. The zero-order valence-corrected chi connectivity index (χ0v) is 10.2. The summed E-state index contributed by atoms with van der Waals surface area (Å²) in [5.41, 5.74) is 1.25. The number of nitrogens with zero attached hydrogens (tertiary/aromatic N) is 2. The minimum atomic E-state index is -0.391. The van der Waals surface area contributed by atoms with Gasteiger partial charge < -0.3 is 9.15 Å². The van der Waals surface area contributed by atoms with E-state index in [9.17, 15) is 4.79 Å². The SMILES string of the molecule is COC(=O)c1ccnc(Sc2nc(C)co2)c1. The van der Waals surface area contributed by atoms with E-state index in [1.165, 1.54) is 18.9 Å². The van der Waals surface area contributed by atoms with E-state index in [1.807, 2.05) is 6.92 Å². The van der Waals surface area contributed by atoms with Crippen LogP contribution in [0.2, 0.25) is 0 Å². The number of ether oxygens (including phenoxy) is 1. The molecule has 0 unspecified atom stereocenters. The highest BCUT2D eigenvalue weighted by Gasteiger charge is 2.09. The summed E-state index contributed by atoms with van der Waals surface area (Å²) in [4.78, 5) is 19.6. The highest BCUT2D eigenvalue weighted by Crippen LogP contribution is 2.25. The average molecular weight is 250 g/mol. The first-order chi connectivity index (χ1) is 8.19. The van der Waals surface area contributed by atoms with Gasteiger partial charge in [-0.25, -0.2) is 14.8 Å². The number of methoxy groups -OCH3 is 1. The van der Waals surface area contributed by atoms with Gasteiger partial charge in [0.25, 0.3) is 5.22 Å². The molecule has 0 aliphatic carbocycles. The van der Waals surface area contributed by atoms with Crippen molar-refractivity contribution in [1.82, 2.24) is 9.97 Å². The topological polar surface area (TPSA) is 65.2 Å². The van der Waals surface area contributed by atoms with Crippen LogP contribution in [-0.2, 0) is 4.74 Å². The summed E-state index contributed by atoms with van der Waals surface area (Å²) in [6.45, 7) is 1.84. The number of rotatable bonds is 3. The van der Waals surface area contributed by atoms with E-state index in [0.717, 1.165) is 5.69 Å². The van der Waals surface area contributed by atoms with E-state index in [1.54, 1.807) is 24.6 Å². The maximum Gasteiger partial charge on any atom is 0.337 e. The Balaban J connectivity index is 2.19. The van der Waals surface area contributed by atoms with Crippen molar-refractivity contribution in [2.24, 2.45) is 0 Å². The lowest BCUT2D eigenvalue weighted by Crippen LogP contribution is -2.01. The molecule has 2 rings (SSSR count). The quantitative estimate of drug-likeness (QED) is 0.779. The van der Waals surface area contributed by atoms with Crippen LogP contribution >= 0.6 is 11.8 Å². The fraction of sp³-hybridized carbons (Fsp3) is 0.182. The number of aromatic nitrogens is 2. The second-order valence-electron chi connectivity index (χ2n) is 3.23. The summed E-state index contributed by atoms with van der Waals surface area (Å²) >= 11 is 1.25. The van der Waals surface area contributed by atoms with Crippen molar-refractivity contribution < 1.29 is 13.9 Å². The Morgan fingerprint density at radius 3 is 3.00 bits per heavy atom. The fourth-order valence-corrected chi connectivity index (χ4v) is 1.94. The van der Waals surface area contributed by atoms with Crippen LogP contribution in [0.4, 0.5) is 0 Å². The molecule has 6 heteroatoms. The molecule has 0 amide bonds. The van der Waals surface area contributed by atoms with Gasteiger partial charge in [-0.1, -0.05) is 0 Å². The van der Waals surface area contributed by atoms with Crippen molar-refractivity contribution in [3.05, 3.63) is 35.9 Å². The number of carbonyl (C=O) groups excluding carboxylic acids is 1. The van der Waals surface area contributed by atoms with Crippen LogP contribution in [0.25, 0.3) is 0 Å².